The molecule has 1 aliphatic carbocycles. The second-order valence-electron chi connectivity index (χ2n) is 4.58. The molecule has 0 bridgehead atoms. The lowest BCUT2D eigenvalue weighted by Gasteiger charge is -2.19. The number of nitro groups is 1. The molecule has 3 N–H and O–H groups in total. The van der Waals surface area contributed by atoms with Crippen LogP contribution in [-0.2, 0) is 0 Å². The number of phenolic OH excluding ortho intramolecular Hbond substituents is 1. The second kappa shape index (κ2) is 6.02. The van der Waals surface area contributed by atoms with Gasteiger partial charge in [-0.1, -0.05) is 18.9 Å². The molecule has 1 atom stereocenters. The minimum Gasteiger partial charge on any atom is -0.502 e. The summed E-state index contributed by atoms with van der Waals surface area (Å²) in [5, 5.41) is 20.1. The van der Waals surface area contributed by atoms with Gasteiger partial charge in [0.1, 0.15) is 0 Å². The molecule has 1 aromatic rings. The predicted octanol–water partition coefficient (Wildman–Crippen LogP) is 2.91. The van der Waals surface area contributed by atoms with Gasteiger partial charge in [0, 0.05) is 12.1 Å². The van der Waals surface area contributed by atoms with Gasteiger partial charge < -0.3 is 10.8 Å². The van der Waals surface area contributed by atoms with Crippen molar-refractivity contribution >= 4 is 18.1 Å². The van der Waals surface area contributed by atoms with Gasteiger partial charge in [-0.25, -0.2) is 0 Å². The zero-order valence-corrected chi connectivity index (χ0v) is 10.7. The van der Waals surface area contributed by atoms with Crippen molar-refractivity contribution in [2.45, 2.75) is 31.7 Å². The Hall–Kier alpha value is -1.33. The van der Waals surface area contributed by atoms with Crippen LogP contribution in [0.1, 0.15) is 37.3 Å². The van der Waals surface area contributed by atoms with Crippen molar-refractivity contribution in [1.82, 2.24) is 0 Å². The summed E-state index contributed by atoms with van der Waals surface area (Å²) in [5.74, 6) is 0.0940. The zero-order chi connectivity index (χ0) is 12.4. The quantitative estimate of drug-likeness (QED) is 0.654. The van der Waals surface area contributed by atoms with Gasteiger partial charge in [-0.2, -0.15) is 0 Å². The fourth-order valence-electron chi connectivity index (χ4n) is 2.48. The fraction of sp³-hybridized carbons (Fsp3) is 0.500. The molecule has 100 valence electrons. The Morgan fingerprint density at radius 3 is 2.56 bits per heavy atom. The van der Waals surface area contributed by atoms with Crippen molar-refractivity contribution in [1.29, 1.82) is 0 Å². The van der Waals surface area contributed by atoms with Gasteiger partial charge in [0.15, 0.2) is 5.75 Å². The molecule has 0 spiro atoms. The first-order chi connectivity index (χ1) is 8.09. The van der Waals surface area contributed by atoms with Gasteiger partial charge in [-0.15, -0.1) is 12.4 Å². The van der Waals surface area contributed by atoms with Crippen molar-refractivity contribution in [3.63, 3.8) is 0 Å². The van der Waals surface area contributed by atoms with E-state index in [0.29, 0.717) is 5.92 Å². The van der Waals surface area contributed by atoms with E-state index in [4.69, 9.17) is 5.73 Å². The zero-order valence-electron chi connectivity index (χ0n) is 9.91. The van der Waals surface area contributed by atoms with Crippen LogP contribution in [0.5, 0.6) is 5.75 Å². The van der Waals surface area contributed by atoms with Gasteiger partial charge in [0.25, 0.3) is 0 Å². The molecular weight excluding hydrogens is 256 g/mol. The minimum absolute atomic E-state index is 0. The molecule has 0 aromatic heterocycles. The predicted molar refractivity (Wildman–Crippen MR) is 70.9 cm³/mol. The van der Waals surface area contributed by atoms with Crippen LogP contribution in [0, 0.1) is 16.0 Å². The van der Waals surface area contributed by atoms with E-state index < -0.39 is 4.92 Å². The van der Waals surface area contributed by atoms with Crippen molar-refractivity contribution in [2.75, 3.05) is 0 Å². The van der Waals surface area contributed by atoms with E-state index in [-0.39, 0.29) is 29.9 Å². The molecule has 1 aromatic carbocycles. The Morgan fingerprint density at radius 1 is 1.39 bits per heavy atom. The first-order valence-corrected chi connectivity index (χ1v) is 5.82. The van der Waals surface area contributed by atoms with Gasteiger partial charge in [0.05, 0.1) is 4.92 Å². The molecule has 0 unspecified atom stereocenters. The number of rotatable bonds is 3. The third-order valence-corrected chi connectivity index (χ3v) is 3.49. The SMILES string of the molecule is Cl.N[C@@H](c1ccc(O)c([N+](=O)[O-])c1)C1CCCC1. The topological polar surface area (TPSA) is 89.4 Å². The molecule has 0 aliphatic heterocycles. The minimum atomic E-state index is -0.583. The number of benzene rings is 1. The monoisotopic (exact) mass is 272 g/mol. The van der Waals surface area contributed by atoms with Gasteiger partial charge in [-0.05, 0) is 30.4 Å². The summed E-state index contributed by atoms with van der Waals surface area (Å²) < 4.78 is 0. The molecule has 1 saturated carbocycles. The molecule has 1 aliphatic rings. The third kappa shape index (κ3) is 2.91. The molecule has 18 heavy (non-hydrogen) atoms. The van der Waals surface area contributed by atoms with Crippen molar-refractivity contribution in [3.05, 3.63) is 33.9 Å². The van der Waals surface area contributed by atoms with Gasteiger partial charge in [-0.3, -0.25) is 10.1 Å². The van der Waals surface area contributed by atoms with Gasteiger partial charge in [0.2, 0.25) is 0 Å². The van der Waals surface area contributed by atoms with Crippen LogP contribution >= 0.6 is 12.4 Å². The van der Waals surface area contributed by atoms with E-state index in [1.165, 1.54) is 25.0 Å². The first kappa shape index (κ1) is 14.7. The molecule has 2 rings (SSSR count). The van der Waals surface area contributed by atoms with Crippen molar-refractivity contribution in [3.8, 4) is 5.75 Å². The summed E-state index contributed by atoms with van der Waals surface area (Å²) in [4.78, 5) is 10.1. The standard InChI is InChI=1S/C12H16N2O3.ClH/c13-12(8-3-1-2-4-8)9-5-6-11(15)10(7-9)14(16)17;/h5-8,12,15H,1-4,13H2;1H/t12-;/m1./s1. The Balaban J connectivity index is 0.00000162. The molecule has 5 nitrogen and oxygen atoms in total. The average molecular weight is 273 g/mol. The van der Waals surface area contributed by atoms with Crippen LogP contribution < -0.4 is 5.73 Å². The first-order valence-electron chi connectivity index (χ1n) is 5.82. The normalized spacial score (nSPS) is 17.2. The average Bonchev–Trinajstić information content (AvgIpc) is 2.81. The summed E-state index contributed by atoms with van der Waals surface area (Å²) in [6, 6.07) is 4.24. The highest BCUT2D eigenvalue weighted by Gasteiger charge is 2.25. The van der Waals surface area contributed by atoms with Crippen LogP contribution in [0.25, 0.3) is 0 Å². The number of nitro benzene ring substituents is 1. The maximum absolute atomic E-state index is 10.7. The maximum Gasteiger partial charge on any atom is 0.311 e. The lowest BCUT2D eigenvalue weighted by molar-refractivity contribution is -0.385. The highest BCUT2D eigenvalue weighted by atomic mass is 35.5. The molecule has 0 saturated heterocycles. The molecule has 1 fully saturated rings. The molecule has 0 amide bonds. The van der Waals surface area contributed by atoms with Crippen LogP contribution in [0.2, 0.25) is 0 Å². The molecule has 6 heteroatoms. The second-order valence-corrected chi connectivity index (χ2v) is 4.58. The summed E-state index contributed by atoms with van der Waals surface area (Å²) in [6.45, 7) is 0. The molecule has 0 radical (unpaired) electrons. The number of phenols is 1. The number of hydrogen-bond acceptors (Lipinski definition) is 4. The fourth-order valence-corrected chi connectivity index (χ4v) is 2.48. The van der Waals surface area contributed by atoms with Crippen LogP contribution in [0.3, 0.4) is 0 Å². The van der Waals surface area contributed by atoms with E-state index in [1.54, 1.807) is 6.07 Å². The highest BCUT2D eigenvalue weighted by molar-refractivity contribution is 5.85. The van der Waals surface area contributed by atoms with Gasteiger partial charge >= 0.3 is 5.69 Å². The third-order valence-electron chi connectivity index (χ3n) is 3.49. The summed E-state index contributed by atoms with van der Waals surface area (Å²) >= 11 is 0. The Kier molecular flexibility index (Phi) is 4.93. The van der Waals surface area contributed by atoms with E-state index >= 15 is 0 Å². The number of nitrogens with two attached hydrogens (primary N) is 1. The van der Waals surface area contributed by atoms with Crippen molar-refractivity contribution < 1.29 is 10.0 Å². The maximum atomic E-state index is 10.7. The number of halogens is 1. The van der Waals surface area contributed by atoms with Crippen molar-refractivity contribution in [2.24, 2.45) is 11.7 Å². The largest absolute Gasteiger partial charge is 0.502 e. The Labute approximate surface area is 112 Å². The van der Waals surface area contributed by atoms with E-state index in [0.717, 1.165) is 18.4 Å². The molecule has 0 heterocycles. The lowest BCUT2D eigenvalue weighted by atomic mass is 9.92. The smallest absolute Gasteiger partial charge is 0.311 e. The van der Waals surface area contributed by atoms with Crippen LogP contribution in [0.4, 0.5) is 5.69 Å². The summed E-state index contributed by atoms with van der Waals surface area (Å²) in [7, 11) is 0. The van der Waals surface area contributed by atoms with E-state index in [2.05, 4.69) is 0 Å². The Bertz CT molecular complexity index is 433. The number of hydrogen-bond donors (Lipinski definition) is 2. The lowest BCUT2D eigenvalue weighted by Crippen LogP contribution is -2.19. The van der Waals surface area contributed by atoms with E-state index in [9.17, 15) is 15.2 Å². The highest BCUT2D eigenvalue weighted by Crippen LogP contribution is 2.36. The molecular formula is C12H17ClN2O3. The van der Waals surface area contributed by atoms with Crippen LogP contribution in [-0.4, -0.2) is 10.0 Å². The van der Waals surface area contributed by atoms with E-state index in [1.807, 2.05) is 0 Å². The number of aromatic hydroxyl groups is 1. The number of nitrogens with zero attached hydrogens (tertiary/aromatic N) is 1. The van der Waals surface area contributed by atoms with Crippen LogP contribution in [0.15, 0.2) is 18.2 Å². The summed E-state index contributed by atoms with van der Waals surface area (Å²) in [5.41, 5.74) is 6.58. The summed E-state index contributed by atoms with van der Waals surface area (Å²) in [6.07, 6.45) is 4.52. The Morgan fingerprint density at radius 2 is 2.00 bits per heavy atom.